The van der Waals surface area contributed by atoms with Gasteiger partial charge in [-0.2, -0.15) is 0 Å². The zero-order chi connectivity index (χ0) is 23.7. The molecule has 1 aliphatic heterocycles. The van der Waals surface area contributed by atoms with Gasteiger partial charge in [-0.3, -0.25) is 9.59 Å². The summed E-state index contributed by atoms with van der Waals surface area (Å²) in [6.45, 7) is 3.64. The number of nitrogens with one attached hydrogen (secondary N) is 1. The molecular weight excluding hydrogens is 468 g/mol. The number of carbonyl (C=O) groups excluding carboxylic acids is 1. The molecule has 6 nitrogen and oxygen atoms in total. The quantitative estimate of drug-likeness (QED) is 0.428. The van der Waals surface area contributed by atoms with Crippen molar-refractivity contribution in [1.82, 2.24) is 14.9 Å². The second kappa shape index (κ2) is 9.60. The number of aryl methyl sites for hydroxylation is 1. The van der Waals surface area contributed by atoms with Crippen LogP contribution in [0.2, 0.25) is 5.02 Å². The number of fused-ring (bicyclic) bond motifs is 1. The van der Waals surface area contributed by atoms with Crippen LogP contribution in [0.1, 0.15) is 24.0 Å². The lowest BCUT2D eigenvalue weighted by Gasteiger charge is -2.34. The molecule has 1 aliphatic rings. The van der Waals surface area contributed by atoms with Gasteiger partial charge in [0, 0.05) is 24.7 Å². The fourth-order valence-electron chi connectivity index (χ4n) is 4.45. The number of anilines is 1. The number of benzene rings is 2. The molecule has 0 radical (unpaired) electrons. The van der Waals surface area contributed by atoms with Crippen molar-refractivity contribution in [2.75, 3.05) is 18.0 Å². The molecular formula is C26H25ClN4O2S. The zero-order valence-corrected chi connectivity index (χ0v) is 20.4. The number of hydrogen-bond acceptors (Lipinski definition) is 5. The van der Waals surface area contributed by atoms with E-state index >= 15 is 0 Å². The van der Waals surface area contributed by atoms with E-state index in [0.29, 0.717) is 34.3 Å². The topological polar surface area (TPSA) is 67.2 Å². The van der Waals surface area contributed by atoms with Crippen LogP contribution in [0, 0.1) is 12.8 Å². The normalized spacial score (nSPS) is 16.1. The molecule has 2 aromatic heterocycles. The predicted molar refractivity (Wildman–Crippen MR) is 138 cm³/mol. The monoisotopic (exact) mass is 492 g/mol. The first kappa shape index (κ1) is 22.6. The Hall–Kier alpha value is -3.16. The number of thiophene rings is 1. The number of halogens is 1. The highest BCUT2D eigenvalue weighted by molar-refractivity contribution is 7.17. The smallest absolute Gasteiger partial charge is 0.277 e. The van der Waals surface area contributed by atoms with Gasteiger partial charge < -0.3 is 10.2 Å². The van der Waals surface area contributed by atoms with Crippen LogP contribution >= 0.6 is 22.9 Å². The maximum atomic E-state index is 13.5. The third-order valence-corrected chi connectivity index (χ3v) is 7.47. The number of hydrogen-bond donors (Lipinski definition) is 1. The first-order chi connectivity index (χ1) is 16.5. The minimum atomic E-state index is -0.197. The average Bonchev–Trinajstić information content (AvgIpc) is 3.32. The van der Waals surface area contributed by atoms with Crippen molar-refractivity contribution in [3.8, 4) is 5.69 Å². The van der Waals surface area contributed by atoms with E-state index in [1.54, 1.807) is 4.57 Å². The molecule has 5 rings (SSSR count). The van der Waals surface area contributed by atoms with E-state index in [0.717, 1.165) is 36.2 Å². The largest absolute Gasteiger partial charge is 0.352 e. The molecule has 0 unspecified atom stereocenters. The Morgan fingerprint density at radius 3 is 2.88 bits per heavy atom. The first-order valence-electron chi connectivity index (χ1n) is 11.3. The van der Waals surface area contributed by atoms with Crippen LogP contribution in [0.5, 0.6) is 0 Å². The number of rotatable bonds is 5. The Balaban J connectivity index is 1.44. The summed E-state index contributed by atoms with van der Waals surface area (Å²) in [4.78, 5) is 33.5. The minimum absolute atomic E-state index is 0.00863. The van der Waals surface area contributed by atoms with Gasteiger partial charge in [-0.25, -0.2) is 9.55 Å². The molecule has 4 aromatic rings. The number of piperidine rings is 1. The lowest BCUT2D eigenvalue weighted by atomic mass is 9.97. The minimum Gasteiger partial charge on any atom is -0.352 e. The van der Waals surface area contributed by atoms with Crippen LogP contribution in [0.25, 0.3) is 15.9 Å². The summed E-state index contributed by atoms with van der Waals surface area (Å²) in [7, 11) is 0. The molecule has 34 heavy (non-hydrogen) atoms. The third-order valence-electron chi connectivity index (χ3n) is 6.21. The van der Waals surface area contributed by atoms with E-state index in [9.17, 15) is 9.59 Å². The third kappa shape index (κ3) is 4.45. The highest BCUT2D eigenvalue weighted by Crippen LogP contribution is 2.27. The van der Waals surface area contributed by atoms with E-state index in [4.69, 9.17) is 16.6 Å². The Morgan fingerprint density at radius 2 is 2.06 bits per heavy atom. The van der Waals surface area contributed by atoms with Gasteiger partial charge in [0.2, 0.25) is 11.9 Å². The van der Waals surface area contributed by atoms with Gasteiger partial charge in [-0.15, -0.1) is 11.3 Å². The van der Waals surface area contributed by atoms with Crippen LogP contribution in [0.4, 0.5) is 5.95 Å². The maximum absolute atomic E-state index is 13.5. The van der Waals surface area contributed by atoms with Gasteiger partial charge in [-0.05, 0) is 60.5 Å². The van der Waals surface area contributed by atoms with Crippen molar-refractivity contribution in [3.63, 3.8) is 0 Å². The first-order valence-corrected chi connectivity index (χ1v) is 12.6. The van der Waals surface area contributed by atoms with Gasteiger partial charge in [0.15, 0.2) is 0 Å². The van der Waals surface area contributed by atoms with Gasteiger partial charge in [0.05, 0.1) is 17.1 Å². The Morgan fingerprint density at radius 1 is 1.21 bits per heavy atom. The molecule has 1 N–H and O–H groups in total. The molecule has 0 bridgehead atoms. The molecule has 2 aromatic carbocycles. The average molecular weight is 493 g/mol. The lowest BCUT2D eigenvalue weighted by Crippen LogP contribution is -2.45. The summed E-state index contributed by atoms with van der Waals surface area (Å²) >= 11 is 7.64. The van der Waals surface area contributed by atoms with Gasteiger partial charge in [0.25, 0.3) is 5.56 Å². The maximum Gasteiger partial charge on any atom is 0.277 e. The molecule has 0 spiro atoms. The van der Waals surface area contributed by atoms with Crippen LogP contribution < -0.4 is 15.8 Å². The van der Waals surface area contributed by atoms with Crippen molar-refractivity contribution in [3.05, 3.63) is 86.5 Å². The fourth-order valence-corrected chi connectivity index (χ4v) is 5.42. The number of nitrogens with zero attached hydrogens (tertiary/aromatic N) is 3. The number of amides is 1. The van der Waals surface area contributed by atoms with Crippen LogP contribution in [-0.2, 0) is 11.3 Å². The van der Waals surface area contributed by atoms with E-state index in [2.05, 4.69) is 10.2 Å². The van der Waals surface area contributed by atoms with Gasteiger partial charge >= 0.3 is 0 Å². The Kier molecular flexibility index (Phi) is 6.39. The number of aromatic nitrogens is 2. The van der Waals surface area contributed by atoms with Crippen LogP contribution in [-0.4, -0.2) is 28.5 Å². The highest BCUT2D eigenvalue weighted by Gasteiger charge is 2.29. The van der Waals surface area contributed by atoms with Crippen LogP contribution in [0.15, 0.2) is 64.8 Å². The molecule has 0 saturated carbocycles. The highest BCUT2D eigenvalue weighted by atomic mass is 35.5. The summed E-state index contributed by atoms with van der Waals surface area (Å²) < 4.78 is 2.33. The van der Waals surface area contributed by atoms with Crippen molar-refractivity contribution in [1.29, 1.82) is 0 Å². The molecule has 1 fully saturated rings. The SMILES string of the molecule is Cc1cccc(-n2c(N3CCC[C@H](C(=O)NCc4ccccc4Cl)C3)nc3ccsc3c2=O)c1. The van der Waals surface area contributed by atoms with Crippen molar-refractivity contribution >= 4 is 45.0 Å². The van der Waals surface area contributed by atoms with E-state index in [1.807, 2.05) is 66.9 Å². The van der Waals surface area contributed by atoms with E-state index in [-0.39, 0.29) is 17.4 Å². The van der Waals surface area contributed by atoms with Gasteiger partial charge in [0.1, 0.15) is 4.70 Å². The zero-order valence-electron chi connectivity index (χ0n) is 18.8. The van der Waals surface area contributed by atoms with Crippen molar-refractivity contribution in [2.45, 2.75) is 26.3 Å². The van der Waals surface area contributed by atoms with E-state index < -0.39 is 0 Å². The molecule has 0 aliphatic carbocycles. The fraction of sp³-hybridized carbons (Fsp3) is 0.269. The summed E-state index contributed by atoms with van der Waals surface area (Å²) in [6.07, 6.45) is 1.63. The second-order valence-corrected chi connectivity index (χ2v) is 9.94. The van der Waals surface area contributed by atoms with Crippen molar-refractivity contribution < 1.29 is 4.79 Å². The van der Waals surface area contributed by atoms with Gasteiger partial charge in [-0.1, -0.05) is 41.9 Å². The summed E-state index contributed by atoms with van der Waals surface area (Å²) in [6, 6.07) is 17.3. The lowest BCUT2D eigenvalue weighted by molar-refractivity contribution is -0.125. The summed E-state index contributed by atoms with van der Waals surface area (Å²) in [5, 5.41) is 5.57. The summed E-state index contributed by atoms with van der Waals surface area (Å²) in [5.74, 6) is 0.382. The predicted octanol–water partition coefficient (Wildman–Crippen LogP) is 4.94. The van der Waals surface area contributed by atoms with E-state index in [1.165, 1.54) is 11.3 Å². The standard InChI is InChI=1S/C26H25ClN4O2S/c1-17-6-4-9-20(14-17)31-25(33)23-22(11-13-34-23)29-26(31)30-12-5-8-19(16-30)24(32)28-15-18-7-2-3-10-21(18)27/h2-4,6-7,9-11,13-14,19H,5,8,12,15-16H2,1H3,(H,28,32)/t19-/m0/s1. The molecule has 1 amide bonds. The summed E-state index contributed by atoms with van der Waals surface area (Å²) in [5.41, 5.74) is 3.36. The number of carbonyl (C=O) groups is 1. The molecule has 8 heteroatoms. The van der Waals surface area contributed by atoms with Crippen molar-refractivity contribution in [2.24, 2.45) is 5.92 Å². The Bertz CT molecular complexity index is 1410. The Labute approximate surface area is 206 Å². The second-order valence-electron chi connectivity index (χ2n) is 8.62. The molecule has 1 atom stereocenters. The molecule has 3 heterocycles. The molecule has 1 saturated heterocycles. The molecule has 174 valence electrons. The van der Waals surface area contributed by atoms with Crippen LogP contribution in [0.3, 0.4) is 0 Å².